The number of fused-ring (bicyclic) bond motifs is 1. The number of carbonyl (C=O) groups excluding carboxylic acids is 1. The predicted molar refractivity (Wildman–Crippen MR) is 106 cm³/mol. The third-order valence-electron chi connectivity index (χ3n) is 3.84. The fourth-order valence-electron chi connectivity index (χ4n) is 2.52. The standard InChI is InChI=1S/C19H14ClNO6S/c1-11-8-19(23)27-16-10-13(3-4-14(11)16)26-18(22)6-7-28-17-5-2-12(21(24)25)9-15(17)20/h2-5,8-10H,6-7H2,1H3. The van der Waals surface area contributed by atoms with E-state index in [0.717, 1.165) is 10.9 Å². The fourth-order valence-corrected chi connectivity index (χ4v) is 3.70. The van der Waals surface area contributed by atoms with E-state index < -0.39 is 16.5 Å². The molecule has 9 heteroatoms. The largest absolute Gasteiger partial charge is 0.426 e. The van der Waals surface area contributed by atoms with E-state index in [4.69, 9.17) is 20.8 Å². The lowest BCUT2D eigenvalue weighted by atomic mass is 10.1. The Morgan fingerprint density at radius 1 is 1.25 bits per heavy atom. The zero-order valence-corrected chi connectivity index (χ0v) is 16.2. The van der Waals surface area contributed by atoms with Gasteiger partial charge < -0.3 is 9.15 Å². The van der Waals surface area contributed by atoms with Gasteiger partial charge in [0, 0.05) is 40.3 Å². The molecule has 144 valence electrons. The van der Waals surface area contributed by atoms with E-state index in [2.05, 4.69) is 0 Å². The quantitative estimate of drug-likeness (QED) is 0.142. The van der Waals surface area contributed by atoms with Crippen molar-refractivity contribution in [2.24, 2.45) is 0 Å². The molecule has 1 aromatic heterocycles. The first kappa shape index (κ1) is 19.9. The van der Waals surface area contributed by atoms with Crippen molar-refractivity contribution in [1.29, 1.82) is 0 Å². The van der Waals surface area contributed by atoms with E-state index in [9.17, 15) is 19.7 Å². The van der Waals surface area contributed by atoms with Crippen LogP contribution in [0.1, 0.15) is 12.0 Å². The Morgan fingerprint density at radius 2 is 2.04 bits per heavy atom. The van der Waals surface area contributed by atoms with Gasteiger partial charge in [-0.25, -0.2) is 4.79 Å². The molecule has 28 heavy (non-hydrogen) atoms. The van der Waals surface area contributed by atoms with Crippen molar-refractivity contribution in [3.8, 4) is 5.75 Å². The minimum atomic E-state index is -0.523. The van der Waals surface area contributed by atoms with Gasteiger partial charge in [0.1, 0.15) is 11.3 Å². The summed E-state index contributed by atoms with van der Waals surface area (Å²) in [5, 5.41) is 11.7. The van der Waals surface area contributed by atoms with E-state index in [0.29, 0.717) is 16.2 Å². The molecule has 0 saturated carbocycles. The summed E-state index contributed by atoms with van der Waals surface area (Å²) in [6.07, 6.45) is 0.105. The van der Waals surface area contributed by atoms with Gasteiger partial charge in [0.25, 0.3) is 5.69 Å². The Bertz CT molecular complexity index is 1130. The lowest BCUT2D eigenvalue weighted by Crippen LogP contribution is -2.09. The number of hydrogen-bond acceptors (Lipinski definition) is 7. The van der Waals surface area contributed by atoms with Crippen molar-refractivity contribution in [3.63, 3.8) is 0 Å². The van der Waals surface area contributed by atoms with Crippen LogP contribution in [0.3, 0.4) is 0 Å². The highest BCUT2D eigenvalue weighted by molar-refractivity contribution is 7.99. The highest BCUT2D eigenvalue weighted by Crippen LogP contribution is 2.31. The molecule has 0 aliphatic heterocycles. The lowest BCUT2D eigenvalue weighted by Gasteiger charge is -2.07. The molecule has 0 aliphatic carbocycles. The maximum Gasteiger partial charge on any atom is 0.336 e. The van der Waals surface area contributed by atoms with Gasteiger partial charge in [-0.1, -0.05) is 11.6 Å². The van der Waals surface area contributed by atoms with E-state index >= 15 is 0 Å². The van der Waals surface area contributed by atoms with Crippen molar-refractivity contribution in [2.45, 2.75) is 18.2 Å². The van der Waals surface area contributed by atoms with Crippen LogP contribution in [0, 0.1) is 17.0 Å². The minimum absolute atomic E-state index is 0.0908. The molecule has 0 fully saturated rings. The topological polar surface area (TPSA) is 99.7 Å². The number of rotatable bonds is 6. The summed E-state index contributed by atoms with van der Waals surface area (Å²) in [4.78, 5) is 34.4. The van der Waals surface area contributed by atoms with Gasteiger partial charge in [0.15, 0.2) is 0 Å². The number of non-ortho nitro benzene ring substituents is 1. The average Bonchev–Trinajstić information content (AvgIpc) is 2.62. The summed E-state index contributed by atoms with van der Waals surface area (Å²) < 4.78 is 10.4. The molecule has 3 aromatic rings. The van der Waals surface area contributed by atoms with E-state index in [1.54, 1.807) is 25.1 Å². The van der Waals surface area contributed by atoms with Crippen LogP contribution >= 0.6 is 23.4 Å². The van der Waals surface area contributed by atoms with Crippen molar-refractivity contribution < 1.29 is 18.9 Å². The van der Waals surface area contributed by atoms with Gasteiger partial charge in [0.05, 0.1) is 16.4 Å². The Hall–Kier alpha value is -2.84. The summed E-state index contributed by atoms with van der Waals surface area (Å²) in [6.45, 7) is 1.80. The summed E-state index contributed by atoms with van der Waals surface area (Å²) in [7, 11) is 0. The predicted octanol–water partition coefficient (Wildman–Crippen LogP) is 4.75. The first-order valence-electron chi connectivity index (χ1n) is 8.15. The molecule has 7 nitrogen and oxygen atoms in total. The van der Waals surface area contributed by atoms with Gasteiger partial charge in [-0.3, -0.25) is 14.9 Å². The zero-order valence-electron chi connectivity index (χ0n) is 14.6. The molecule has 0 aliphatic rings. The van der Waals surface area contributed by atoms with E-state index in [-0.39, 0.29) is 22.9 Å². The molecule has 2 aromatic carbocycles. The van der Waals surface area contributed by atoms with Crippen LogP contribution in [0.4, 0.5) is 5.69 Å². The Labute approximate surface area is 168 Å². The SMILES string of the molecule is Cc1cc(=O)oc2cc(OC(=O)CCSc3ccc([N+](=O)[O-])cc3Cl)ccc12. The Balaban J connectivity index is 1.59. The summed E-state index contributed by atoms with van der Waals surface area (Å²) in [6, 6.07) is 10.4. The van der Waals surface area contributed by atoms with Crippen molar-refractivity contribution in [3.05, 3.63) is 73.6 Å². The van der Waals surface area contributed by atoms with Gasteiger partial charge in [-0.05, 0) is 30.7 Å². The third kappa shape index (κ3) is 4.71. The van der Waals surface area contributed by atoms with Crippen LogP contribution in [0.25, 0.3) is 11.0 Å². The monoisotopic (exact) mass is 419 g/mol. The molecular weight excluding hydrogens is 406 g/mol. The number of nitrogens with zero attached hydrogens (tertiary/aromatic N) is 1. The van der Waals surface area contributed by atoms with Gasteiger partial charge in [0.2, 0.25) is 0 Å². The van der Waals surface area contributed by atoms with Gasteiger partial charge in [-0.2, -0.15) is 0 Å². The number of nitro benzene ring substituents is 1. The molecule has 0 unspecified atom stereocenters. The van der Waals surface area contributed by atoms with Crippen LogP contribution in [0.15, 0.2) is 56.6 Å². The van der Waals surface area contributed by atoms with Gasteiger partial charge >= 0.3 is 11.6 Å². The number of hydrogen-bond donors (Lipinski definition) is 0. The zero-order chi connectivity index (χ0) is 20.3. The number of esters is 1. The highest BCUT2D eigenvalue weighted by Gasteiger charge is 2.12. The molecule has 0 bridgehead atoms. The smallest absolute Gasteiger partial charge is 0.336 e. The fraction of sp³-hybridized carbons (Fsp3) is 0.158. The summed E-state index contributed by atoms with van der Waals surface area (Å²) in [5.74, 6) is 0.211. The number of aryl methyl sites for hydroxylation is 1. The average molecular weight is 420 g/mol. The van der Waals surface area contributed by atoms with Crippen LogP contribution < -0.4 is 10.4 Å². The number of ether oxygens (including phenoxy) is 1. The molecule has 0 amide bonds. The van der Waals surface area contributed by atoms with Crippen LogP contribution in [-0.4, -0.2) is 16.6 Å². The number of nitro groups is 1. The number of halogens is 1. The third-order valence-corrected chi connectivity index (χ3v) is 5.34. The first-order valence-corrected chi connectivity index (χ1v) is 9.52. The first-order chi connectivity index (χ1) is 13.3. The summed E-state index contributed by atoms with van der Waals surface area (Å²) in [5.41, 5.74) is 0.569. The highest BCUT2D eigenvalue weighted by atomic mass is 35.5. The van der Waals surface area contributed by atoms with Crippen molar-refractivity contribution in [2.75, 3.05) is 5.75 Å². The molecule has 3 rings (SSSR count). The molecule has 0 saturated heterocycles. The molecule has 0 atom stereocenters. The minimum Gasteiger partial charge on any atom is -0.426 e. The number of benzene rings is 2. The van der Waals surface area contributed by atoms with Crippen LogP contribution in [0.5, 0.6) is 5.75 Å². The van der Waals surface area contributed by atoms with E-state index in [1.807, 2.05) is 0 Å². The normalized spacial score (nSPS) is 10.8. The van der Waals surface area contributed by atoms with Crippen molar-refractivity contribution >= 4 is 46.0 Å². The van der Waals surface area contributed by atoms with Crippen molar-refractivity contribution in [1.82, 2.24) is 0 Å². The number of carbonyl (C=O) groups is 1. The molecule has 0 N–H and O–H groups in total. The molecule has 1 heterocycles. The lowest BCUT2D eigenvalue weighted by molar-refractivity contribution is -0.384. The molecule has 0 spiro atoms. The Kier molecular flexibility index (Phi) is 6.01. The van der Waals surface area contributed by atoms with Crippen LogP contribution in [0.2, 0.25) is 5.02 Å². The Morgan fingerprint density at radius 3 is 2.75 bits per heavy atom. The molecular formula is C19H14ClNO6S. The number of thioether (sulfide) groups is 1. The van der Waals surface area contributed by atoms with Crippen LogP contribution in [-0.2, 0) is 4.79 Å². The summed E-state index contributed by atoms with van der Waals surface area (Å²) >= 11 is 7.32. The van der Waals surface area contributed by atoms with Gasteiger partial charge in [-0.15, -0.1) is 11.8 Å². The second-order valence-electron chi connectivity index (χ2n) is 5.85. The second kappa shape index (κ2) is 8.45. The maximum absolute atomic E-state index is 12.1. The molecule has 0 radical (unpaired) electrons. The second-order valence-corrected chi connectivity index (χ2v) is 7.39. The maximum atomic E-state index is 12.1. The van der Waals surface area contributed by atoms with E-state index in [1.165, 1.54) is 36.0 Å².